The number of pyridine rings is 1. The molecule has 40 heavy (non-hydrogen) atoms. The van der Waals surface area contributed by atoms with E-state index in [1.807, 2.05) is 66.7 Å². The lowest BCUT2D eigenvalue weighted by Gasteiger charge is -2.16. The molecule has 0 saturated carbocycles. The fourth-order valence-electron chi connectivity index (χ4n) is 4.68. The van der Waals surface area contributed by atoms with Gasteiger partial charge in [0.05, 0.1) is 36.6 Å². The molecule has 0 aliphatic rings. The first-order valence-corrected chi connectivity index (χ1v) is 14.0. The molecular formula is C32H34Cl2N2O4. The van der Waals surface area contributed by atoms with Crippen LogP contribution in [0.25, 0.3) is 33.5 Å². The molecule has 0 unspecified atom stereocenters. The van der Waals surface area contributed by atoms with Crippen molar-refractivity contribution in [1.29, 1.82) is 0 Å². The third-order valence-corrected chi connectivity index (χ3v) is 7.54. The zero-order valence-electron chi connectivity index (χ0n) is 22.7. The van der Waals surface area contributed by atoms with Crippen LogP contribution >= 0.6 is 23.2 Å². The molecule has 4 rings (SSSR count). The number of aliphatic hydroxyl groups excluding tert-OH is 2. The zero-order valence-corrected chi connectivity index (χ0v) is 24.2. The summed E-state index contributed by atoms with van der Waals surface area (Å²) in [6.07, 6.45) is 2.36. The van der Waals surface area contributed by atoms with E-state index in [2.05, 4.69) is 5.32 Å². The predicted molar refractivity (Wildman–Crippen MR) is 162 cm³/mol. The van der Waals surface area contributed by atoms with E-state index in [9.17, 15) is 0 Å². The Kier molecular flexibility index (Phi) is 10.8. The van der Waals surface area contributed by atoms with Gasteiger partial charge in [0.2, 0.25) is 5.88 Å². The molecular weight excluding hydrogens is 547 g/mol. The van der Waals surface area contributed by atoms with E-state index in [1.165, 1.54) is 0 Å². The Labute approximate surface area is 245 Å². The van der Waals surface area contributed by atoms with Crippen LogP contribution in [-0.4, -0.2) is 49.2 Å². The van der Waals surface area contributed by atoms with E-state index in [-0.39, 0.29) is 13.2 Å². The van der Waals surface area contributed by atoms with Crippen molar-refractivity contribution in [2.24, 2.45) is 0 Å². The number of rotatable bonds is 13. The molecule has 0 aliphatic carbocycles. The molecule has 0 aliphatic heterocycles. The Morgan fingerprint density at radius 3 is 2.08 bits per heavy atom. The third-order valence-electron chi connectivity index (χ3n) is 6.72. The van der Waals surface area contributed by atoms with Gasteiger partial charge in [-0.3, -0.25) is 0 Å². The number of unbranched alkanes of at least 4 members (excludes halogenated alkanes) is 1. The lowest BCUT2D eigenvalue weighted by Crippen LogP contribution is -2.17. The van der Waals surface area contributed by atoms with Crippen molar-refractivity contribution >= 4 is 23.2 Å². The smallest absolute Gasteiger partial charge is 0.216 e. The van der Waals surface area contributed by atoms with Crippen molar-refractivity contribution in [3.05, 3.63) is 87.9 Å². The number of aliphatic hydroxyl groups is 2. The highest BCUT2D eigenvalue weighted by molar-refractivity contribution is 6.39. The van der Waals surface area contributed by atoms with Crippen LogP contribution in [0.4, 0.5) is 0 Å². The van der Waals surface area contributed by atoms with Crippen molar-refractivity contribution < 1.29 is 19.7 Å². The van der Waals surface area contributed by atoms with Gasteiger partial charge in [0.25, 0.3) is 0 Å². The number of aryl methyl sites for hydroxylation is 1. The minimum absolute atomic E-state index is 0.0850. The summed E-state index contributed by atoms with van der Waals surface area (Å²) in [6.45, 7) is 1.40. The highest BCUT2D eigenvalue weighted by atomic mass is 35.5. The van der Waals surface area contributed by atoms with E-state index >= 15 is 0 Å². The fourth-order valence-corrected chi connectivity index (χ4v) is 5.33. The summed E-state index contributed by atoms with van der Waals surface area (Å²) in [4.78, 5) is 4.74. The molecule has 0 spiro atoms. The predicted octanol–water partition coefficient (Wildman–Crippen LogP) is 6.80. The number of hydrogen-bond acceptors (Lipinski definition) is 6. The maximum atomic E-state index is 9.10. The van der Waals surface area contributed by atoms with Crippen LogP contribution in [0, 0.1) is 0 Å². The first-order valence-electron chi connectivity index (χ1n) is 13.2. The van der Waals surface area contributed by atoms with Crippen molar-refractivity contribution in [3.8, 4) is 45.1 Å². The van der Waals surface area contributed by atoms with Gasteiger partial charge >= 0.3 is 0 Å². The number of nitrogens with zero attached hydrogens (tertiary/aromatic N) is 1. The Morgan fingerprint density at radius 2 is 1.43 bits per heavy atom. The minimum atomic E-state index is 0.0850. The number of halogens is 2. The van der Waals surface area contributed by atoms with Crippen LogP contribution < -0.4 is 14.8 Å². The number of nitrogens with one attached hydrogen (secondary N) is 1. The highest BCUT2D eigenvalue weighted by Gasteiger charge is 2.18. The minimum Gasteiger partial charge on any atom is -0.496 e. The Bertz CT molecular complexity index is 1440. The summed E-state index contributed by atoms with van der Waals surface area (Å²) in [6, 6.07) is 21.6. The lowest BCUT2D eigenvalue weighted by atomic mass is 9.95. The Morgan fingerprint density at radius 1 is 0.750 bits per heavy atom. The molecule has 8 heteroatoms. The van der Waals surface area contributed by atoms with E-state index in [4.69, 9.17) is 47.9 Å². The average Bonchev–Trinajstić information content (AvgIpc) is 2.98. The Balaban J connectivity index is 1.70. The molecule has 210 valence electrons. The molecule has 3 aromatic carbocycles. The summed E-state index contributed by atoms with van der Waals surface area (Å²) in [5.74, 6) is 1.26. The molecule has 0 radical (unpaired) electrons. The van der Waals surface area contributed by atoms with Gasteiger partial charge in [-0.05, 0) is 37.0 Å². The molecule has 1 heterocycles. The van der Waals surface area contributed by atoms with Crippen LogP contribution in [-0.2, 0) is 13.0 Å². The number of aromatic nitrogens is 1. The van der Waals surface area contributed by atoms with Crippen molar-refractivity contribution in [3.63, 3.8) is 0 Å². The maximum Gasteiger partial charge on any atom is 0.216 e. The van der Waals surface area contributed by atoms with Crippen LogP contribution in [0.2, 0.25) is 10.0 Å². The first kappa shape index (κ1) is 29.8. The number of ether oxygens (including phenoxy) is 2. The molecule has 0 fully saturated rings. The van der Waals surface area contributed by atoms with Gasteiger partial charge in [0.15, 0.2) is 0 Å². The molecule has 4 aromatic rings. The molecule has 3 N–H and O–H groups in total. The van der Waals surface area contributed by atoms with E-state index in [0.717, 1.165) is 58.2 Å². The maximum absolute atomic E-state index is 9.10. The SMILES string of the molecule is COc1cc(CNCCO)ccc1-c1cccc(-c2cccc(-c3ccc(CCCCO)c(OC)n3)c2Cl)c1Cl. The van der Waals surface area contributed by atoms with Gasteiger partial charge in [-0.25, -0.2) is 4.98 Å². The van der Waals surface area contributed by atoms with Crippen molar-refractivity contribution in [2.45, 2.75) is 25.8 Å². The van der Waals surface area contributed by atoms with Gasteiger partial charge in [-0.1, -0.05) is 77.8 Å². The van der Waals surface area contributed by atoms with Gasteiger partial charge in [0, 0.05) is 53.1 Å². The van der Waals surface area contributed by atoms with Gasteiger partial charge in [-0.15, -0.1) is 0 Å². The molecule has 6 nitrogen and oxygen atoms in total. The van der Waals surface area contributed by atoms with Crippen molar-refractivity contribution in [1.82, 2.24) is 10.3 Å². The number of benzene rings is 3. The summed E-state index contributed by atoms with van der Waals surface area (Å²) >= 11 is 14.0. The molecule has 0 amide bonds. The van der Waals surface area contributed by atoms with Gasteiger partial charge in [0.1, 0.15) is 5.75 Å². The Hall–Kier alpha value is -3.13. The normalized spacial score (nSPS) is 11.1. The van der Waals surface area contributed by atoms with Crippen LogP contribution in [0.3, 0.4) is 0 Å². The number of hydrogen-bond donors (Lipinski definition) is 3. The zero-order chi connectivity index (χ0) is 28.5. The highest BCUT2D eigenvalue weighted by Crippen LogP contribution is 2.44. The molecule has 0 saturated heterocycles. The van der Waals surface area contributed by atoms with Crippen LogP contribution in [0.5, 0.6) is 11.6 Å². The van der Waals surface area contributed by atoms with Crippen molar-refractivity contribution in [2.75, 3.05) is 34.0 Å². The van der Waals surface area contributed by atoms with Gasteiger partial charge in [-0.2, -0.15) is 0 Å². The van der Waals surface area contributed by atoms with Gasteiger partial charge < -0.3 is 25.0 Å². The summed E-state index contributed by atoms with van der Waals surface area (Å²) in [5.41, 5.74) is 6.81. The van der Waals surface area contributed by atoms with E-state index < -0.39 is 0 Å². The average molecular weight is 582 g/mol. The van der Waals surface area contributed by atoms with E-state index in [0.29, 0.717) is 40.5 Å². The summed E-state index contributed by atoms with van der Waals surface area (Å²) in [5, 5.41) is 22.4. The third kappa shape index (κ3) is 6.77. The lowest BCUT2D eigenvalue weighted by molar-refractivity contribution is 0.284. The molecule has 0 bridgehead atoms. The quantitative estimate of drug-likeness (QED) is 0.151. The second-order valence-corrected chi connectivity index (χ2v) is 10.1. The first-order chi connectivity index (χ1) is 19.5. The fraction of sp³-hybridized carbons (Fsp3) is 0.281. The summed E-state index contributed by atoms with van der Waals surface area (Å²) in [7, 11) is 3.25. The van der Waals surface area contributed by atoms with Crippen LogP contribution in [0.15, 0.2) is 66.7 Å². The summed E-state index contributed by atoms with van der Waals surface area (Å²) < 4.78 is 11.3. The monoisotopic (exact) mass is 580 g/mol. The second-order valence-electron chi connectivity index (χ2n) is 9.31. The molecule has 0 atom stereocenters. The standard InChI is InChI=1S/C32H34Cl2N2O4/c1-39-29-19-21(20-35-16-18-38)12-14-23(29)24-8-5-9-25(30(24)33)26-10-6-11-27(31(26)34)28-15-13-22(7-3-4-17-37)32(36-28)40-2/h5-6,8-15,19,35,37-38H,3-4,7,16-18,20H2,1-2H3. The number of methoxy groups -OCH3 is 2. The van der Waals surface area contributed by atoms with Crippen LogP contribution in [0.1, 0.15) is 24.0 Å². The second kappa shape index (κ2) is 14.5. The topological polar surface area (TPSA) is 83.8 Å². The largest absolute Gasteiger partial charge is 0.496 e. The molecule has 1 aromatic heterocycles. The van der Waals surface area contributed by atoms with E-state index in [1.54, 1.807) is 14.2 Å².